The van der Waals surface area contributed by atoms with E-state index in [4.69, 9.17) is 9.84 Å². The van der Waals surface area contributed by atoms with Crippen molar-refractivity contribution in [2.45, 2.75) is 33.6 Å². The van der Waals surface area contributed by atoms with Crippen LogP contribution in [0.4, 0.5) is 0 Å². The molecule has 1 aromatic rings. The number of hydrogen-bond acceptors (Lipinski definition) is 3. The molecule has 20 heavy (non-hydrogen) atoms. The first-order valence-corrected chi connectivity index (χ1v) is 7.00. The van der Waals surface area contributed by atoms with E-state index in [0.717, 1.165) is 18.4 Å². The lowest BCUT2D eigenvalue weighted by Crippen LogP contribution is -2.36. The van der Waals surface area contributed by atoms with Gasteiger partial charge in [0.05, 0.1) is 0 Å². The van der Waals surface area contributed by atoms with E-state index >= 15 is 0 Å². The number of amides is 1. The summed E-state index contributed by atoms with van der Waals surface area (Å²) in [4.78, 5) is 11.7. The molecule has 0 bridgehead atoms. The van der Waals surface area contributed by atoms with Gasteiger partial charge in [-0.1, -0.05) is 31.5 Å². The summed E-state index contributed by atoms with van der Waals surface area (Å²) in [5, 5.41) is 11.7. The summed E-state index contributed by atoms with van der Waals surface area (Å²) in [5.41, 5.74) is 1.15. The molecule has 0 atom stereocenters. The Bertz CT molecular complexity index is 412. The lowest BCUT2D eigenvalue weighted by Gasteiger charge is -2.24. The van der Waals surface area contributed by atoms with E-state index in [1.54, 1.807) is 0 Å². The molecule has 112 valence electrons. The summed E-state index contributed by atoms with van der Waals surface area (Å²) in [6, 6.07) is 7.61. The molecule has 0 aliphatic heterocycles. The number of benzene rings is 1. The van der Waals surface area contributed by atoms with E-state index in [-0.39, 0.29) is 24.5 Å². The topological polar surface area (TPSA) is 58.6 Å². The molecular formula is C16H25NO3. The first-order valence-electron chi connectivity index (χ1n) is 7.00. The molecule has 0 radical (unpaired) electrons. The molecule has 0 unspecified atom stereocenters. The van der Waals surface area contributed by atoms with Gasteiger partial charge in [0.25, 0.3) is 5.91 Å². The van der Waals surface area contributed by atoms with E-state index in [1.807, 2.05) is 31.2 Å². The van der Waals surface area contributed by atoms with Gasteiger partial charge in [0, 0.05) is 13.2 Å². The molecule has 4 heteroatoms. The summed E-state index contributed by atoms with van der Waals surface area (Å²) in [6.07, 6.45) is 1.63. The Morgan fingerprint density at radius 1 is 1.30 bits per heavy atom. The monoisotopic (exact) mass is 279 g/mol. The number of carbonyl (C=O) groups is 1. The fraction of sp³-hybridized carbons (Fsp3) is 0.562. The predicted octanol–water partition coefficient (Wildman–Crippen LogP) is 2.29. The van der Waals surface area contributed by atoms with Crippen LogP contribution in [0.3, 0.4) is 0 Å². The molecule has 4 nitrogen and oxygen atoms in total. The minimum Gasteiger partial charge on any atom is -0.484 e. The Labute approximate surface area is 121 Å². The first kappa shape index (κ1) is 16.5. The Morgan fingerprint density at radius 2 is 1.95 bits per heavy atom. The molecule has 0 aromatic heterocycles. The molecule has 0 aliphatic rings. The third kappa shape index (κ3) is 6.57. The Hall–Kier alpha value is -1.55. The maximum atomic E-state index is 11.7. The Morgan fingerprint density at radius 3 is 2.55 bits per heavy atom. The van der Waals surface area contributed by atoms with Crippen LogP contribution in [-0.2, 0) is 4.79 Å². The van der Waals surface area contributed by atoms with Gasteiger partial charge in [-0.25, -0.2) is 0 Å². The highest BCUT2D eigenvalue weighted by Gasteiger charge is 2.18. The zero-order valence-corrected chi connectivity index (χ0v) is 12.6. The highest BCUT2D eigenvalue weighted by Crippen LogP contribution is 2.20. The van der Waals surface area contributed by atoms with Crippen molar-refractivity contribution in [3.8, 4) is 5.75 Å². The van der Waals surface area contributed by atoms with Gasteiger partial charge in [-0.3, -0.25) is 4.79 Å². The Balaban J connectivity index is 2.28. The van der Waals surface area contributed by atoms with E-state index < -0.39 is 0 Å². The highest BCUT2D eigenvalue weighted by molar-refractivity contribution is 5.77. The second-order valence-electron chi connectivity index (χ2n) is 5.87. The van der Waals surface area contributed by atoms with Crippen molar-refractivity contribution in [3.05, 3.63) is 29.8 Å². The largest absolute Gasteiger partial charge is 0.484 e. The standard InChI is InChI=1S/C16H25NO3/c1-13-5-7-14(8-6-13)20-11-15(19)17-12-16(2,3)9-4-10-18/h5-8,18H,4,9-12H2,1-3H3,(H,17,19). The van der Waals surface area contributed by atoms with Crippen molar-refractivity contribution in [2.75, 3.05) is 19.8 Å². The summed E-state index contributed by atoms with van der Waals surface area (Å²) >= 11 is 0. The van der Waals surface area contributed by atoms with Crippen LogP contribution in [0.5, 0.6) is 5.75 Å². The van der Waals surface area contributed by atoms with Crippen LogP contribution in [0.25, 0.3) is 0 Å². The minimum atomic E-state index is -0.123. The summed E-state index contributed by atoms with van der Waals surface area (Å²) in [5.74, 6) is 0.577. The average Bonchev–Trinajstić information content (AvgIpc) is 2.42. The lowest BCUT2D eigenvalue weighted by molar-refractivity contribution is -0.123. The molecule has 0 spiro atoms. The van der Waals surface area contributed by atoms with Crippen LogP contribution in [0.15, 0.2) is 24.3 Å². The maximum absolute atomic E-state index is 11.7. The molecule has 2 N–H and O–H groups in total. The molecule has 1 aromatic carbocycles. The number of rotatable bonds is 8. The second-order valence-corrected chi connectivity index (χ2v) is 5.87. The first-order chi connectivity index (χ1) is 9.43. The van der Waals surface area contributed by atoms with E-state index in [9.17, 15) is 4.79 Å². The fourth-order valence-corrected chi connectivity index (χ4v) is 1.82. The van der Waals surface area contributed by atoms with E-state index in [1.165, 1.54) is 0 Å². The van der Waals surface area contributed by atoms with Crippen molar-refractivity contribution < 1.29 is 14.6 Å². The number of nitrogens with one attached hydrogen (secondary N) is 1. The molecule has 1 amide bonds. The lowest BCUT2D eigenvalue weighted by atomic mass is 9.88. The molecule has 0 saturated carbocycles. The van der Waals surface area contributed by atoms with Gasteiger partial charge in [-0.2, -0.15) is 0 Å². The third-order valence-electron chi connectivity index (χ3n) is 3.17. The van der Waals surface area contributed by atoms with Gasteiger partial charge in [-0.05, 0) is 37.3 Å². The number of aliphatic hydroxyl groups excluding tert-OH is 1. The predicted molar refractivity (Wildman–Crippen MR) is 79.8 cm³/mol. The van der Waals surface area contributed by atoms with Crippen LogP contribution in [-0.4, -0.2) is 30.8 Å². The number of hydrogen-bond donors (Lipinski definition) is 2. The second kappa shape index (κ2) is 7.90. The smallest absolute Gasteiger partial charge is 0.257 e. The van der Waals surface area contributed by atoms with Gasteiger partial charge in [0.2, 0.25) is 0 Å². The SMILES string of the molecule is Cc1ccc(OCC(=O)NCC(C)(C)CCCO)cc1. The Kier molecular flexibility index (Phi) is 6.52. The average molecular weight is 279 g/mol. The quantitative estimate of drug-likeness (QED) is 0.767. The van der Waals surface area contributed by atoms with Gasteiger partial charge < -0.3 is 15.2 Å². The molecule has 0 fully saturated rings. The van der Waals surface area contributed by atoms with Crippen LogP contribution in [0.1, 0.15) is 32.3 Å². The van der Waals surface area contributed by atoms with Gasteiger partial charge in [-0.15, -0.1) is 0 Å². The van der Waals surface area contributed by atoms with Crippen LogP contribution < -0.4 is 10.1 Å². The van der Waals surface area contributed by atoms with Crippen LogP contribution in [0.2, 0.25) is 0 Å². The van der Waals surface area contributed by atoms with Gasteiger partial charge in [0.15, 0.2) is 6.61 Å². The van der Waals surface area contributed by atoms with E-state index in [2.05, 4.69) is 19.2 Å². The molecular weight excluding hydrogens is 254 g/mol. The van der Waals surface area contributed by atoms with Crippen molar-refractivity contribution in [3.63, 3.8) is 0 Å². The van der Waals surface area contributed by atoms with Gasteiger partial charge in [0.1, 0.15) is 5.75 Å². The molecule has 1 rings (SSSR count). The number of carbonyl (C=O) groups excluding carboxylic acids is 1. The molecule has 0 heterocycles. The van der Waals surface area contributed by atoms with Crippen LogP contribution in [0, 0.1) is 12.3 Å². The number of ether oxygens (including phenoxy) is 1. The highest BCUT2D eigenvalue weighted by atomic mass is 16.5. The van der Waals surface area contributed by atoms with Crippen molar-refractivity contribution in [1.82, 2.24) is 5.32 Å². The fourth-order valence-electron chi connectivity index (χ4n) is 1.82. The molecule has 0 saturated heterocycles. The summed E-state index contributed by atoms with van der Waals surface area (Å²) in [7, 11) is 0. The number of aryl methyl sites for hydroxylation is 1. The normalized spacial score (nSPS) is 11.2. The third-order valence-corrected chi connectivity index (χ3v) is 3.17. The van der Waals surface area contributed by atoms with Crippen molar-refractivity contribution >= 4 is 5.91 Å². The summed E-state index contributed by atoms with van der Waals surface area (Å²) < 4.78 is 5.42. The van der Waals surface area contributed by atoms with Crippen LogP contribution >= 0.6 is 0 Å². The minimum absolute atomic E-state index is 0.0117. The maximum Gasteiger partial charge on any atom is 0.257 e. The van der Waals surface area contributed by atoms with Gasteiger partial charge >= 0.3 is 0 Å². The zero-order valence-electron chi connectivity index (χ0n) is 12.6. The summed E-state index contributed by atoms with van der Waals surface area (Å²) in [6.45, 7) is 6.95. The van der Waals surface area contributed by atoms with Crippen molar-refractivity contribution in [1.29, 1.82) is 0 Å². The molecule has 0 aliphatic carbocycles. The van der Waals surface area contributed by atoms with Crippen molar-refractivity contribution in [2.24, 2.45) is 5.41 Å². The number of aliphatic hydroxyl groups is 1. The van der Waals surface area contributed by atoms with E-state index in [0.29, 0.717) is 12.3 Å². The zero-order chi connectivity index (χ0) is 15.0.